The van der Waals surface area contributed by atoms with Crippen LogP contribution < -0.4 is 5.63 Å². The van der Waals surface area contributed by atoms with Crippen molar-refractivity contribution in [3.8, 4) is 5.75 Å². The maximum atomic E-state index is 11.6. The number of fused-ring (bicyclic) bond motifs is 1. The third-order valence-corrected chi connectivity index (χ3v) is 2.63. The van der Waals surface area contributed by atoms with Gasteiger partial charge in [0.25, 0.3) is 0 Å². The quantitative estimate of drug-likeness (QED) is 0.745. The topological polar surface area (TPSA) is 50.4 Å². The normalized spacial score (nSPS) is 10.6. The van der Waals surface area contributed by atoms with Crippen LogP contribution >= 0.6 is 0 Å². The van der Waals surface area contributed by atoms with Gasteiger partial charge in [-0.15, -0.1) is 0 Å². The first-order chi connectivity index (χ1) is 7.54. The lowest BCUT2D eigenvalue weighted by molar-refractivity contribution is 0.478. The second kappa shape index (κ2) is 3.52. The van der Waals surface area contributed by atoms with E-state index in [0.717, 1.165) is 5.56 Å². The summed E-state index contributed by atoms with van der Waals surface area (Å²) in [6.45, 7) is 7.16. The number of benzene rings is 1. The Balaban J connectivity index is 3.05. The van der Waals surface area contributed by atoms with Crippen LogP contribution in [0.1, 0.15) is 16.7 Å². The summed E-state index contributed by atoms with van der Waals surface area (Å²) in [6, 6.07) is 3.37. The average molecular weight is 216 g/mol. The molecule has 0 atom stereocenters. The predicted octanol–water partition coefficient (Wildman–Crippen LogP) is 2.76. The van der Waals surface area contributed by atoms with Gasteiger partial charge < -0.3 is 9.52 Å². The highest BCUT2D eigenvalue weighted by molar-refractivity contribution is 5.89. The summed E-state index contributed by atoms with van der Waals surface area (Å²) in [6.07, 6.45) is 1.44. The van der Waals surface area contributed by atoms with E-state index in [0.29, 0.717) is 22.1 Å². The molecule has 0 saturated carbocycles. The van der Waals surface area contributed by atoms with Crippen LogP contribution in [0.4, 0.5) is 0 Å². The van der Waals surface area contributed by atoms with Gasteiger partial charge in [0.2, 0.25) is 0 Å². The molecule has 3 heteroatoms. The average Bonchev–Trinajstić information content (AvgIpc) is 2.15. The van der Waals surface area contributed by atoms with Crippen molar-refractivity contribution in [3.05, 3.63) is 45.8 Å². The number of rotatable bonds is 1. The first-order valence-corrected chi connectivity index (χ1v) is 4.94. The molecule has 1 aromatic heterocycles. The molecular weight excluding hydrogens is 204 g/mol. The number of hydrogen-bond acceptors (Lipinski definition) is 3. The van der Waals surface area contributed by atoms with Gasteiger partial charge in [-0.05, 0) is 37.1 Å². The Morgan fingerprint density at radius 1 is 1.38 bits per heavy atom. The van der Waals surface area contributed by atoms with Crippen molar-refractivity contribution in [3.63, 3.8) is 0 Å². The second-order valence-corrected chi connectivity index (χ2v) is 3.79. The van der Waals surface area contributed by atoms with Crippen LogP contribution in [0.25, 0.3) is 17.0 Å². The van der Waals surface area contributed by atoms with Gasteiger partial charge in [-0.3, -0.25) is 0 Å². The summed E-state index contributed by atoms with van der Waals surface area (Å²) in [5.41, 5.74) is 1.92. The van der Waals surface area contributed by atoms with E-state index >= 15 is 0 Å². The van der Waals surface area contributed by atoms with Crippen molar-refractivity contribution in [1.29, 1.82) is 0 Å². The number of phenols is 1. The lowest BCUT2D eigenvalue weighted by atomic mass is 10.0. The van der Waals surface area contributed by atoms with E-state index in [-0.39, 0.29) is 5.75 Å². The molecule has 1 heterocycles. The van der Waals surface area contributed by atoms with E-state index in [1.165, 1.54) is 6.08 Å². The molecule has 0 radical (unpaired) electrons. The number of phenolic OH excluding ortho intramolecular Hbond substituents is 1. The van der Waals surface area contributed by atoms with E-state index in [1.54, 1.807) is 19.1 Å². The van der Waals surface area contributed by atoms with E-state index < -0.39 is 5.63 Å². The first kappa shape index (κ1) is 10.5. The lowest BCUT2D eigenvalue weighted by Gasteiger charge is -2.07. The van der Waals surface area contributed by atoms with Crippen LogP contribution in [0.15, 0.2) is 27.9 Å². The molecule has 0 saturated heterocycles. The van der Waals surface area contributed by atoms with Crippen molar-refractivity contribution in [2.75, 3.05) is 0 Å². The van der Waals surface area contributed by atoms with E-state index in [9.17, 15) is 9.90 Å². The Morgan fingerprint density at radius 2 is 2.06 bits per heavy atom. The molecule has 1 N–H and O–H groups in total. The highest BCUT2D eigenvalue weighted by Crippen LogP contribution is 2.29. The summed E-state index contributed by atoms with van der Waals surface area (Å²) in [5.74, 6) is 0.124. The minimum absolute atomic E-state index is 0.124. The third-order valence-electron chi connectivity index (χ3n) is 2.63. The standard InChI is InChI=1S/C13H12O3/c1-4-9-8(3)12-10(14)5-7(2)6-11(12)16-13(9)15/h4-6,14H,1H2,2-3H3. The molecule has 0 aliphatic heterocycles. The second-order valence-electron chi connectivity index (χ2n) is 3.79. The maximum absolute atomic E-state index is 11.6. The molecule has 82 valence electrons. The molecular formula is C13H12O3. The van der Waals surface area contributed by atoms with Crippen molar-refractivity contribution in [1.82, 2.24) is 0 Å². The minimum Gasteiger partial charge on any atom is -0.507 e. The van der Waals surface area contributed by atoms with Gasteiger partial charge in [0.05, 0.1) is 10.9 Å². The van der Waals surface area contributed by atoms with E-state index in [4.69, 9.17) is 4.42 Å². The van der Waals surface area contributed by atoms with Crippen LogP contribution in [0, 0.1) is 13.8 Å². The van der Waals surface area contributed by atoms with Gasteiger partial charge in [0.15, 0.2) is 0 Å². The number of aryl methyl sites for hydroxylation is 2. The Bertz CT molecular complexity index is 636. The zero-order valence-corrected chi connectivity index (χ0v) is 9.20. The fourth-order valence-electron chi connectivity index (χ4n) is 1.87. The van der Waals surface area contributed by atoms with E-state index in [2.05, 4.69) is 6.58 Å². The third kappa shape index (κ3) is 1.41. The van der Waals surface area contributed by atoms with Gasteiger partial charge in [0.1, 0.15) is 11.3 Å². The zero-order valence-electron chi connectivity index (χ0n) is 9.20. The van der Waals surface area contributed by atoms with Crippen LogP contribution in [-0.4, -0.2) is 5.11 Å². The highest BCUT2D eigenvalue weighted by Gasteiger charge is 2.12. The van der Waals surface area contributed by atoms with Crippen LogP contribution in [0.5, 0.6) is 5.75 Å². The molecule has 0 fully saturated rings. The lowest BCUT2D eigenvalue weighted by Crippen LogP contribution is -2.05. The Kier molecular flexibility index (Phi) is 2.31. The van der Waals surface area contributed by atoms with Gasteiger partial charge in [-0.25, -0.2) is 4.79 Å². The predicted molar refractivity (Wildman–Crippen MR) is 63.7 cm³/mol. The molecule has 0 bridgehead atoms. The molecule has 0 amide bonds. The molecule has 3 nitrogen and oxygen atoms in total. The molecule has 2 aromatic rings. The smallest absolute Gasteiger partial charge is 0.343 e. The fraction of sp³-hybridized carbons (Fsp3) is 0.154. The van der Waals surface area contributed by atoms with Gasteiger partial charge in [0, 0.05) is 0 Å². The van der Waals surface area contributed by atoms with Crippen LogP contribution in [-0.2, 0) is 0 Å². The molecule has 1 aromatic carbocycles. The molecule has 0 spiro atoms. The molecule has 0 aliphatic carbocycles. The monoisotopic (exact) mass is 216 g/mol. The Morgan fingerprint density at radius 3 is 2.69 bits per heavy atom. The number of aromatic hydroxyl groups is 1. The van der Waals surface area contributed by atoms with Crippen molar-refractivity contribution in [2.45, 2.75) is 13.8 Å². The number of hydrogen-bond donors (Lipinski definition) is 1. The fourth-order valence-corrected chi connectivity index (χ4v) is 1.87. The molecule has 0 unspecified atom stereocenters. The summed E-state index contributed by atoms with van der Waals surface area (Å²) < 4.78 is 5.14. The van der Waals surface area contributed by atoms with Gasteiger partial charge >= 0.3 is 5.63 Å². The van der Waals surface area contributed by atoms with Gasteiger partial charge in [-0.2, -0.15) is 0 Å². The maximum Gasteiger partial charge on any atom is 0.343 e. The minimum atomic E-state index is -0.426. The summed E-state index contributed by atoms with van der Waals surface area (Å²) in [5, 5.41) is 10.4. The molecule has 2 rings (SSSR count). The SMILES string of the molecule is C=Cc1c(C)c2c(O)cc(C)cc2oc1=O. The largest absolute Gasteiger partial charge is 0.507 e. The Hall–Kier alpha value is -2.03. The van der Waals surface area contributed by atoms with Crippen LogP contribution in [0.2, 0.25) is 0 Å². The molecule has 0 aliphatic rings. The Labute approximate surface area is 92.6 Å². The van der Waals surface area contributed by atoms with Crippen LogP contribution in [0.3, 0.4) is 0 Å². The summed E-state index contributed by atoms with van der Waals surface area (Å²) in [7, 11) is 0. The molecule has 16 heavy (non-hydrogen) atoms. The zero-order chi connectivity index (χ0) is 11.9. The van der Waals surface area contributed by atoms with E-state index in [1.807, 2.05) is 6.92 Å². The van der Waals surface area contributed by atoms with Gasteiger partial charge in [-0.1, -0.05) is 12.7 Å². The summed E-state index contributed by atoms with van der Waals surface area (Å²) >= 11 is 0. The van der Waals surface area contributed by atoms with Crippen molar-refractivity contribution < 1.29 is 9.52 Å². The van der Waals surface area contributed by atoms with Crippen molar-refractivity contribution in [2.24, 2.45) is 0 Å². The summed E-state index contributed by atoms with van der Waals surface area (Å²) in [4.78, 5) is 11.6. The van der Waals surface area contributed by atoms with Crippen molar-refractivity contribution >= 4 is 17.0 Å². The first-order valence-electron chi connectivity index (χ1n) is 4.94. The highest BCUT2D eigenvalue weighted by atomic mass is 16.4.